The van der Waals surface area contributed by atoms with Gasteiger partial charge in [0, 0.05) is 56.0 Å². The molecule has 2 saturated heterocycles. The molecule has 138 valence electrons. The van der Waals surface area contributed by atoms with Crippen LogP contribution in [0.4, 0.5) is 0 Å². The molecule has 0 spiro atoms. The highest BCUT2D eigenvalue weighted by atomic mass is 35.5. The van der Waals surface area contributed by atoms with E-state index in [2.05, 4.69) is 4.90 Å². The fourth-order valence-electron chi connectivity index (χ4n) is 3.82. The molecule has 2 heterocycles. The number of rotatable bonds is 5. The molecule has 0 amide bonds. The van der Waals surface area contributed by atoms with Gasteiger partial charge in [0.1, 0.15) is 11.8 Å². The second kappa shape index (κ2) is 8.36. The zero-order valence-corrected chi connectivity index (χ0v) is 15.2. The lowest BCUT2D eigenvalue weighted by Crippen LogP contribution is -2.53. The van der Waals surface area contributed by atoms with Crippen LogP contribution in [0.25, 0.3) is 0 Å². The summed E-state index contributed by atoms with van der Waals surface area (Å²) in [5, 5.41) is 10.4. The first-order chi connectivity index (χ1) is 12.1. The molecule has 0 radical (unpaired) electrons. The van der Waals surface area contributed by atoms with Crippen molar-refractivity contribution in [1.82, 2.24) is 9.80 Å². The summed E-state index contributed by atoms with van der Waals surface area (Å²) in [6.07, 6.45) is 2.12. The van der Waals surface area contributed by atoms with Crippen LogP contribution < -0.4 is 4.74 Å². The van der Waals surface area contributed by atoms with Gasteiger partial charge in [0.2, 0.25) is 0 Å². The molecule has 0 bridgehead atoms. The predicted molar refractivity (Wildman–Crippen MR) is 95.4 cm³/mol. The van der Waals surface area contributed by atoms with Crippen LogP contribution in [0, 0.1) is 0 Å². The third-order valence-electron chi connectivity index (χ3n) is 5.14. The number of hydrogen-bond acceptors (Lipinski definition) is 5. The maximum absolute atomic E-state index is 12.0. The molecule has 1 N–H and O–H groups in total. The first kappa shape index (κ1) is 18.5. The molecule has 0 aliphatic carbocycles. The summed E-state index contributed by atoms with van der Waals surface area (Å²) in [5.74, 6) is -0.316. The van der Waals surface area contributed by atoms with E-state index in [0.717, 1.165) is 39.1 Å². The fourth-order valence-corrected chi connectivity index (χ4v) is 4.00. The van der Waals surface area contributed by atoms with Crippen LogP contribution in [-0.2, 0) is 9.53 Å². The quantitative estimate of drug-likeness (QED) is 0.860. The van der Waals surface area contributed by atoms with Crippen LogP contribution in [0.2, 0.25) is 5.02 Å². The Kier molecular flexibility index (Phi) is 6.17. The normalized spacial score (nSPS) is 21.8. The highest BCUT2D eigenvalue weighted by Crippen LogP contribution is 2.33. The summed E-state index contributed by atoms with van der Waals surface area (Å²) >= 11 is 6.10. The number of carboxylic acids is 1. The largest absolute Gasteiger partial charge is 0.496 e. The van der Waals surface area contributed by atoms with Crippen LogP contribution in [0.3, 0.4) is 0 Å². The molecule has 25 heavy (non-hydrogen) atoms. The molecule has 1 aromatic carbocycles. The topological polar surface area (TPSA) is 62.2 Å². The van der Waals surface area contributed by atoms with E-state index >= 15 is 0 Å². The van der Waals surface area contributed by atoms with Crippen molar-refractivity contribution in [3.05, 3.63) is 28.8 Å². The molecule has 6 nitrogen and oxygen atoms in total. The number of ether oxygens (including phenoxy) is 2. The standard InChI is InChI=1S/C18H25ClN2O4/c1-24-16-3-2-13(19)12-15(16)17(18(22)23)21-8-6-20(7-9-21)14-4-10-25-11-5-14/h2-3,12,14,17H,4-11H2,1H3,(H,22,23). The summed E-state index contributed by atoms with van der Waals surface area (Å²) in [6.45, 7) is 4.81. The summed E-state index contributed by atoms with van der Waals surface area (Å²) in [7, 11) is 1.55. The lowest BCUT2D eigenvalue weighted by molar-refractivity contribution is -0.144. The SMILES string of the molecule is COc1ccc(Cl)cc1C(C(=O)O)N1CCN(C2CCOCC2)CC1. The molecule has 2 fully saturated rings. The van der Waals surface area contributed by atoms with Gasteiger partial charge < -0.3 is 14.6 Å². The maximum Gasteiger partial charge on any atom is 0.325 e. The lowest BCUT2D eigenvalue weighted by Gasteiger charge is -2.42. The molecule has 1 atom stereocenters. The molecule has 1 unspecified atom stereocenters. The van der Waals surface area contributed by atoms with Gasteiger partial charge in [0.15, 0.2) is 0 Å². The van der Waals surface area contributed by atoms with E-state index in [1.807, 2.05) is 4.90 Å². The minimum atomic E-state index is -0.875. The first-order valence-electron chi connectivity index (χ1n) is 8.72. The molecule has 0 aromatic heterocycles. The summed E-state index contributed by atoms with van der Waals surface area (Å²) in [5.41, 5.74) is 0.613. The van der Waals surface area contributed by atoms with E-state index in [4.69, 9.17) is 21.1 Å². The van der Waals surface area contributed by atoms with Crippen molar-refractivity contribution >= 4 is 17.6 Å². The second-order valence-electron chi connectivity index (χ2n) is 6.54. The van der Waals surface area contributed by atoms with Gasteiger partial charge in [-0.2, -0.15) is 0 Å². The van der Waals surface area contributed by atoms with Crippen LogP contribution in [0.1, 0.15) is 24.4 Å². The lowest BCUT2D eigenvalue weighted by atomic mass is 10.0. The van der Waals surface area contributed by atoms with Crippen LogP contribution in [0.5, 0.6) is 5.75 Å². The average molecular weight is 369 g/mol. The number of piperazine rings is 1. The van der Waals surface area contributed by atoms with Gasteiger partial charge in [-0.05, 0) is 31.0 Å². The number of benzene rings is 1. The second-order valence-corrected chi connectivity index (χ2v) is 6.98. The Labute approximate surface area is 153 Å². The van der Waals surface area contributed by atoms with E-state index in [0.29, 0.717) is 35.5 Å². The number of nitrogens with zero attached hydrogens (tertiary/aromatic N) is 2. The third-order valence-corrected chi connectivity index (χ3v) is 5.38. The minimum Gasteiger partial charge on any atom is -0.496 e. The molecular formula is C18H25ClN2O4. The summed E-state index contributed by atoms with van der Waals surface area (Å²) in [4.78, 5) is 16.5. The molecular weight excluding hydrogens is 344 g/mol. The van der Waals surface area contributed by atoms with Crippen LogP contribution >= 0.6 is 11.6 Å². The molecule has 1 aromatic rings. The highest BCUT2D eigenvalue weighted by molar-refractivity contribution is 6.30. The zero-order chi connectivity index (χ0) is 17.8. The monoisotopic (exact) mass is 368 g/mol. The van der Waals surface area contributed by atoms with E-state index in [9.17, 15) is 9.90 Å². The van der Waals surface area contributed by atoms with Crippen LogP contribution in [0.15, 0.2) is 18.2 Å². The van der Waals surface area contributed by atoms with Gasteiger partial charge in [-0.3, -0.25) is 14.6 Å². The molecule has 0 saturated carbocycles. The van der Waals surface area contributed by atoms with E-state index in [1.54, 1.807) is 25.3 Å². The van der Waals surface area contributed by atoms with Gasteiger partial charge >= 0.3 is 5.97 Å². The number of methoxy groups -OCH3 is 1. The Bertz CT molecular complexity index is 599. The van der Waals surface area contributed by atoms with Crippen molar-refractivity contribution in [2.24, 2.45) is 0 Å². The average Bonchev–Trinajstić information content (AvgIpc) is 2.63. The van der Waals surface area contributed by atoms with E-state index in [1.165, 1.54) is 0 Å². The predicted octanol–water partition coefficient (Wildman–Crippen LogP) is 2.27. The van der Waals surface area contributed by atoms with Crippen LogP contribution in [-0.4, -0.2) is 73.4 Å². The smallest absolute Gasteiger partial charge is 0.325 e. The van der Waals surface area contributed by atoms with Crippen molar-refractivity contribution in [2.45, 2.75) is 24.9 Å². The summed E-state index contributed by atoms with van der Waals surface area (Å²) in [6, 6.07) is 4.95. The van der Waals surface area contributed by atoms with E-state index < -0.39 is 12.0 Å². The number of carbonyl (C=O) groups is 1. The fraction of sp³-hybridized carbons (Fsp3) is 0.611. The Balaban J connectivity index is 1.72. The number of halogens is 1. The molecule has 2 aliphatic rings. The first-order valence-corrected chi connectivity index (χ1v) is 9.10. The number of aliphatic carboxylic acids is 1. The van der Waals surface area contributed by atoms with Gasteiger partial charge in [-0.25, -0.2) is 0 Å². The number of carboxylic acid groups (broad SMARTS) is 1. The van der Waals surface area contributed by atoms with Crippen molar-refractivity contribution in [3.63, 3.8) is 0 Å². The van der Waals surface area contributed by atoms with Gasteiger partial charge in [0.05, 0.1) is 7.11 Å². The van der Waals surface area contributed by atoms with Gasteiger partial charge in [-0.15, -0.1) is 0 Å². The van der Waals surface area contributed by atoms with Crippen molar-refractivity contribution in [2.75, 3.05) is 46.5 Å². The van der Waals surface area contributed by atoms with Gasteiger partial charge in [0.25, 0.3) is 0 Å². The molecule has 7 heteroatoms. The van der Waals surface area contributed by atoms with Crippen molar-refractivity contribution < 1.29 is 19.4 Å². The Morgan fingerprint density at radius 3 is 2.56 bits per heavy atom. The molecule has 2 aliphatic heterocycles. The minimum absolute atomic E-state index is 0.517. The molecule has 3 rings (SSSR count). The Morgan fingerprint density at radius 2 is 1.96 bits per heavy atom. The Hall–Kier alpha value is -1.34. The maximum atomic E-state index is 12.0. The Morgan fingerprint density at radius 1 is 1.28 bits per heavy atom. The zero-order valence-electron chi connectivity index (χ0n) is 14.5. The summed E-state index contributed by atoms with van der Waals surface area (Å²) < 4.78 is 10.8. The van der Waals surface area contributed by atoms with E-state index in [-0.39, 0.29) is 0 Å². The highest BCUT2D eigenvalue weighted by Gasteiger charge is 2.34. The van der Waals surface area contributed by atoms with Gasteiger partial charge in [-0.1, -0.05) is 11.6 Å². The van der Waals surface area contributed by atoms with Crippen molar-refractivity contribution in [1.29, 1.82) is 0 Å². The van der Waals surface area contributed by atoms with Crippen molar-refractivity contribution in [3.8, 4) is 5.75 Å². The third kappa shape index (κ3) is 4.26. The number of hydrogen-bond donors (Lipinski definition) is 1.